The molecular weight excluding hydrogens is 218 g/mol. The molecule has 8 heteroatoms. The molecule has 0 fully saturated rings. The van der Waals surface area contributed by atoms with E-state index in [0.29, 0.717) is 10.9 Å². The average molecular weight is 225 g/mol. The number of guanidine groups is 1. The summed E-state index contributed by atoms with van der Waals surface area (Å²) in [5, 5.41) is 9.07. The molecule has 2 aliphatic rings. The van der Waals surface area contributed by atoms with Crippen molar-refractivity contribution in [1.82, 2.24) is 0 Å². The number of amidine groups is 1. The second-order valence-electron chi connectivity index (χ2n) is 2.76. The van der Waals surface area contributed by atoms with Crippen LogP contribution in [0.2, 0.25) is 0 Å². The first kappa shape index (κ1) is 9.84. The van der Waals surface area contributed by atoms with Crippen LogP contribution < -0.4 is 5.73 Å². The van der Waals surface area contributed by atoms with Gasteiger partial charge in [-0.15, -0.1) is 0 Å². The van der Waals surface area contributed by atoms with Crippen molar-refractivity contribution in [3.8, 4) is 0 Å². The first-order valence-electron chi connectivity index (χ1n) is 4.03. The maximum absolute atomic E-state index is 10.4. The molecule has 0 aromatic carbocycles. The van der Waals surface area contributed by atoms with Gasteiger partial charge in [0.2, 0.25) is 5.96 Å². The van der Waals surface area contributed by atoms with Crippen molar-refractivity contribution in [2.45, 2.75) is 6.04 Å². The van der Waals surface area contributed by atoms with Crippen LogP contribution in [0.15, 0.2) is 20.0 Å². The Kier molecular flexibility index (Phi) is 2.50. The van der Waals surface area contributed by atoms with E-state index in [1.807, 2.05) is 0 Å². The van der Waals surface area contributed by atoms with E-state index in [0.717, 1.165) is 11.8 Å². The normalized spacial score (nSPS) is 22.9. The van der Waals surface area contributed by atoms with E-state index in [1.54, 1.807) is 0 Å². The summed E-state index contributed by atoms with van der Waals surface area (Å²) in [6, 6.07) is -0.373. The highest BCUT2D eigenvalue weighted by Crippen LogP contribution is 2.18. The fourth-order valence-electron chi connectivity index (χ4n) is 1.12. The van der Waals surface area contributed by atoms with E-state index in [4.69, 9.17) is 10.8 Å². The molecule has 2 heterocycles. The van der Waals surface area contributed by atoms with Gasteiger partial charge < -0.3 is 10.8 Å². The van der Waals surface area contributed by atoms with E-state index in [9.17, 15) is 4.79 Å². The largest absolute Gasteiger partial charge is 0.481 e. The Hall–Kier alpha value is -1.70. The molecule has 7 nitrogen and oxygen atoms in total. The smallest absolute Gasteiger partial charge is 0.313 e. The molecule has 0 radical (unpaired) electrons. The molecular formula is C7H7N5O2S. The van der Waals surface area contributed by atoms with Gasteiger partial charge in [-0.3, -0.25) is 9.79 Å². The quantitative estimate of drug-likeness (QED) is 0.649. The zero-order valence-corrected chi connectivity index (χ0v) is 8.31. The molecule has 78 valence electrons. The van der Waals surface area contributed by atoms with Crippen LogP contribution in [0.4, 0.5) is 0 Å². The van der Waals surface area contributed by atoms with Gasteiger partial charge in [0.1, 0.15) is 11.4 Å². The predicted molar refractivity (Wildman–Crippen MR) is 58.9 cm³/mol. The number of carboxylic acid groups (broad SMARTS) is 1. The minimum absolute atomic E-state index is 0.0780. The van der Waals surface area contributed by atoms with Gasteiger partial charge in [0.15, 0.2) is 11.9 Å². The van der Waals surface area contributed by atoms with Crippen LogP contribution >= 0.6 is 11.8 Å². The number of nitrogens with zero attached hydrogens (tertiary/aromatic N) is 4. The fraction of sp³-hybridized carbons (Fsp3) is 0.286. The third-order valence-electron chi connectivity index (χ3n) is 1.68. The van der Waals surface area contributed by atoms with Gasteiger partial charge in [-0.05, 0) is 0 Å². The summed E-state index contributed by atoms with van der Waals surface area (Å²) in [4.78, 5) is 26.2. The molecule has 0 aromatic rings. The van der Waals surface area contributed by atoms with Gasteiger partial charge in [-0.25, -0.2) is 9.98 Å². The van der Waals surface area contributed by atoms with Crippen molar-refractivity contribution in [2.24, 2.45) is 25.7 Å². The van der Waals surface area contributed by atoms with Crippen molar-refractivity contribution in [2.75, 3.05) is 5.75 Å². The van der Waals surface area contributed by atoms with Crippen molar-refractivity contribution >= 4 is 40.9 Å². The lowest BCUT2D eigenvalue weighted by Gasteiger charge is -2.14. The molecule has 0 saturated heterocycles. The van der Waals surface area contributed by atoms with Gasteiger partial charge in [-0.2, -0.15) is 4.99 Å². The highest BCUT2D eigenvalue weighted by molar-refractivity contribution is 8.14. The topological polar surface area (TPSA) is 113 Å². The van der Waals surface area contributed by atoms with Gasteiger partial charge >= 0.3 is 5.97 Å². The maximum atomic E-state index is 10.4. The summed E-state index contributed by atoms with van der Waals surface area (Å²) in [6.07, 6.45) is 1.37. The van der Waals surface area contributed by atoms with E-state index in [2.05, 4.69) is 20.0 Å². The SMILES string of the molecule is NC1=NC2=NC=NC2C(SCC(=O)O)=N1. The summed E-state index contributed by atoms with van der Waals surface area (Å²) in [7, 11) is 0. The van der Waals surface area contributed by atoms with E-state index >= 15 is 0 Å². The number of nitrogens with two attached hydrogens (primary N) is 1. The Morgan fingerprint density at radius 2 is 2.40 bits per heavy atom. The number of aliphatic imine (C=N–C) groups is 4. The number of carboxylic acids is 1. The van der Waals surface area contributed by atoms with Crippen LogP contribution in [-0.2, 0) is 4.79 Å². The van der Waals surface area contributed by atoms with Crippen molar-refractivity contribution < 1.29 is 9.90 Å². The second kappa shape index (κ2) is 3.81. The Morgan fingerprint density at radius 1 is 1.60 bits per heavy atom. The second-order valence-corrected chi connectivity index (χ2v) is 3.75. The number of thioether (sulfide) groups is 1. The van der Waals surface area contributed by atoms with Crippen molar-refractivity contribution in [3.63, 3.8) is 0 Å². The highest BCUT2D eigenvalue weighted by atomic mass is 32.2. The first-order valence-corrected chi connectivity index (χ1v) is 5.02. The van der Waals surface area contributed by atoms with E-state index in [-0.39, 0.29) is 17.8 Å². The average Bonchev–Trinajstić information content (AvgIpc) is 2.61. The monoisotopic (exact) mass is 225 g/mol. The molecule has 1 atom stereocenters. The molecule has 15 heavy (non-hydrogen) atoms. The minimum Gasteiger partial charge on any atom is -0.481 e. The molecule has 0 saturated carbocycles. The number of fused-ring (bicyclic) bond motifs is 1. The molecule has 0 aliphatic carbocycles. The summed E-state index contributed by atoms with van der Waals surface area (Å²) in [6.45, 7) is 0. The lowest BCUT2D eigenvalue weighted by Crippen LogP contribution is -2.31. The van der Waals surface area contributed by atoms with Gasteiger partial charge in [0.05, 0.1) is 5.75 Å². The highest BCUT2D eigenvalue weighted by Gasteiger charge is 2.28. The third-order valence-corrected chi connectivity index (χ3v) is 2.68. The number of hydrogen-bond donors (Lipinski definition) is 2. The Morgan fingerprint density at radius 3 is 3.13 bits per heavy atom. The molecule has 1 unspecified atom stereocenters. The number of aliphatic carboxylic acids is 1. The molecule has 3 N–H and O–H groups in total. The van der Waals surface area contributed by atoms with Gasteiger partial charge in [0, 0.05) is 0 Å². The lowest BCUT2D eigenvalue weighted by molar-refractivity contribution is -0.133. The third kappa shape index (κ3) is 2.04. The standard InChI is InChI=1S/C7H7N5O2S/c8-7-11-5-4(9-2-10-5)6(12-7)15-1-3(13)14/h2,4H,1H2,(H,13,14)(H2,8,9,10,11). The first-order chi connectivity index (χ1) is 7.16. The summed E-state index contributed by atoms with van der Waals surface area (Å²) in [5.41, 5.74) is 5.45. The van der Waals surface area contributed by atoms with Crippen LogP contribution in [0.5, 0.6) is 0 Å². The summed E-state index contributed by atoms with van der Waals surface area (Å²) < 4.78 is 0. The van der Waals surface area contributed by atoms with Crippen LogP contribution in [-0.4, -0.2) is 46.0 Å². The zero-order valence-electron chi connectivity index (χ0n) is 7.49. The molecule has 0 aromatic heterocycles. The molecule has 0 amide bonds. The lowest BCUT2D eigenvalue weighted by atomic mass is 10.3. The Bertz CT molecular complexity index is 425. The van der Waals surface area contributed by atoms with Crippen molar-refractivity contribution in [3.05, 3.63) is 0 Å². The maximum Gasteiger partial charge on any atom is 0.313 e. The van der Waals surface area contributed by atoms with Gasteiger partial charge in [0.25, 0.3) is 0 Å². The minimum atomic E-state index is -0.913. The van der Waals surface area contributed by atoms with Crippen LogP contribution in [0.1, 0.15) is 0 Å². The van der Waals surface area contributed by atoms with E-state index in [1.165, 1.54) is 6.34 Å². The molecule has 0 bridgehead atoms. The Balaban J connectivity index is 2.16. The summed E-state index contributed by atoms with van der Waals surface area (Å²) >= 11 is 1.08. The van der Waals surface area contributed by atoms with Crippen LogP contribution in [0, 0.1) is 0 Å². The Labute approximate surface area is 88.9 Å². The number of carbonyl (C=O) groups is 1. The fourth-order valence-corrected chi connectivity index (χ4v) is 1.88. The molecule has 0 spiro atoms. The van der Waals surface area contributed by atoms with E-state index < -0.39 is 5.97 Å². The van der Waals surface area contributed by atoms with Gasteiger partial charge in [-0.1, -0.05) is 11.8 Å². The predicted octanol–water partition coefficient (Wildman–Crippen LogP) is -0.660. The molecule has 2 rings (SSSR count). The zero-order chi connectivity index (χ0) is 10.8. The van der Waals surface area contributed by atoms with Crippen molar-refractivity contribution in [1.29, 1.82) is 0 Å². The number of rotatable bonds is 2. The summed E-state index contributed by atoms with van der Waals surface area (Å²) in [5.74, 6) is -0.436. The molecule has 2 aliphatic heterocycles. The number of hydrogen-bond acceptors (Lipinski definition) is 7. The van der Waals surface area contributed by atoms with Crippen LogP contribution in [0.3, 0.4) is 0 Å². The van der Waals surface area contributed by atoms with Crippen LogP contribution in [0.25, 0.3) is 0 Å².